The van der Waals surface area contributed by atoms with Crippen molar-refractivity contribution < 1.29 is 13.9 Å². The van der Waals surface area contributed by atoms with E-state index in [-0.39, 0.29) is 19.0 Å². The van der Waals surface area contributed by atoms with Gasteiger partial charge in [-0.15, -0.1) is 0 Å². The fourth-order valence-electron chi connectivity index (χ4n) is 1.57. The number of halogens is 1. The van der Waals surface area contributed by atoms with Crippen molar-refractivity contribution in [2.24, 2.45) is 5.73 Å². The average molecular weight is 273 g/mol. The van der Waals surface area contributed by atoms with E-state index in [1.165, 1.54) is 6.08 Å². The Morgan fingerprint density at radius 3 is 2.20 bits per heavy atom. The molecule has 0 atom stereocenters. The van der Waals surface area contributed by atoms with Crippen LogP contribution in [0.4, 0.5) is 4.39 Å². The van der Waals surface area contributed by atoms with Gasteiger partial charge in [-0.05, 0) is 42.5 Å². The average Bonchev–Trinajstić information content (AvgIpc) is 2.48. The van der Waals surface area contributed by atoms with E-state index in [1.807, 2.05) is 30.3 Å². The van der Waals surface area contributed by atoms with E-state index in [9.17, 15) is 4.39 Å². The topological polar surface area (TPSA) is 44.5 Å². The summed E-state index contributed by atoms with van der Waals surface area (Å²) in [6, 6.07) is 16.5. The van der Waals surface area contributed by atoms with Crippen molar-refractivity contribution in [1.29, 1.82) is 0 Å². The van der Waals surface area contributed by atoms with E-state index in [1.54, 1.807) is 24.3 Å². The number of ether oxygens (including phenoxy) is 2. The maximum Gasteiger partial charge on any atom is 0.139 e. The van der Waals surface area contributed by atoms with Gasteiger partial charge in [-0.2, -0.15) is 0 Å². The SMILES string of the molecule is NC/C=C(\F)COc1ccc(Oc2ccccc2)cc1. The van der Waals surface area contributed by atoms with Gasteiger partial charge in [-0.1, -0.05) is 18.2 Å². The molecule has 0 fully saturated rings. The molecule has 2 aromatic rings. The maximum atomic E-state index is 13.1. The fraction of sp³-hybridized carbons (Fsp3) is 0.125. The first kappa shape index (κ1) is 14.1. The molecule has 2 N–H and O–H groups in total. The lowest BCUT2D eigenvalue weighted by atomic mass is 10.3. The van der Waals surface area contributed by atoms with Gasteiger partial charge in [0.1, 0.15) is 29.7 Å². The highest BCUT2D eigenvalue weighted by molar-refractivity contribution is 5.35. The fourth-order valence-corrected chi connectivity index (χ4v) is 1.57. The lowest BCUT2D eigenvalue weighted by molar-refractivity contribution is 0.318. The molecule has 0 unspecified atom stereocenters. The Morgan fingerprint density at radius 2 is 1.55 bits per heavy atom. The molecule has 0 radical (unpaired) electrons. The predicted octanol–water partition coefficient (Wildman–Crippen LogP) is 3.67. The molecule has 0 aromatic heterocycles. The second-order valence-electron chi connectivity index (χ2n) is 4.06. The summed E-state index contributed by atoms with van der Waals surface area (Å²) in [6.07, 6.45) is 1.28. The summed E-state index contributed by atoms with van der Waals surface area (Å²) in [6.45, 7) is 0.0507. The Labute approximate surface area is 117 Å². The van der Waals surface area contributed by atoms with Gasteiger partial charge < -0.3 is 15.2 Å². The Kier molecular flexibility index (Phi) is 5.15. The van der Waals surface area contributed by atoms with Crippen LogP contribution in [0.2, 0.25) is 0 Å². The molecule has 0 heterocycles. The van der Waals surface area contributed by atoms with E-state index in [0.29, 0.717) is 11.5 Å². The number of para-hydroxylation sites is 1. The number of rotatable bonds is 6. The molecule has 0 saturated carbocycles. The van der Waals surface area contributed by atoms with Gasteiger partial charge >= 0.3 is 0 Å². The van der Waals surface area contributed by atoms with E-state index >= 15 is 0 Å². The van der Waals surface area contributed by atoms with Crippen LogP contribution in [0, 0.1) is 0 Å². The molecule has 2 rings (SSSR count). The third kappa shape index (κ3) is 4.40. The van der Waals surface area contributed by atoms with Crippen LogP contribution in [-0.2, 0) is 0 Å². The number of benzene rings is 2. The van der Waals surface area contributed by atoms with E-state index in [0.717, 1.165) is 5.75 Å². The van der Waals surface area contributed by atoms with Crippen LogP contribution < -0.4 is 15.2 Å². The van der Waals surface area contributed by atoms with Gasteiger partial charge in [0.15, 0.2) is 0 Å². The minimum absolute atomic E-state index is 0.115. The highest BCUT2D eigenvalue weighted by atomic mass is 19.1. The van der Waals surface area contributed by atoms with Crippen LogP contribution in [0.15, 0.2) is 66.5 Å². The predicted molar refractivity (Wildman–Crippen MR) is 76.7 cm³/mol. The summed E-state index contributed by atoms with van der Waals surface area (Å²) in [4.78, 5) is 0. The highest BCUT2D eigenvalue weighted by Crippen LogP contribution is 2.23. The largest absolute Gasteiger partial charge is 0.487 e. The molecule has 0 saturated heterocycles. The van der Waals surface area contributed by atoms with Gasteiger partial charge in [0.05, 0.1) is 0 Å². The van der Waals surface area contributed by atoms with Gasteiger partial charge in [0, 0.05) is 6.54 Å². The van der Waals surface area contributed by atoms with Crippen LogP contribution in [0.3, 0.4) is 0 Å². The standard InChI is InChI=1S/C16H16FNO2/c17-13(10-11-18)12-19-14-6-8-16(9-7-14)20-15-4-2-1-3-5-15/h1-10H,11-12,18H2/b13-10-. The number of hydrogen-bond donors (Lipinski definition) is 1. The molecule has 4 heteroatoms. The second-order valence-corrected chi connectivity index (χ2v) is 4.06. The summed E-state index contributed by atoms with van der Waals surface area (Å²) < 4.78 is 24.0. The van der Waals surface area contributed by atoms with Crippen LogP contribution in [0.25, 0.3) is 0 Å². The van der Waals surface area contributed by atoms with Crippen molar-refractivity contribution in [2.45, 2.75) is 0 Å². The van der Waals surface area contributed by atoms with E-state index < -0.39 is 0 Å². The molecule has 0 aliphatic carbocycles. The van der Waals surface area contributed by atoms with Crippen LogP contribution in [0.5, 0.6) is 17.2 Å². The zero-order chi connectivity index (χ0) is 14.2. The Hall–Kier alpha value is -2.33. The summed E-state index contributed by atoms with van der Waals surface area (Å²) in [5.74, 6) is 1.66. The molecule has 104 valence electrons. The molecule has 0 amide bonds. The van der Waals surface area contributed by atoms with Crippen LogP contribution in [-0.4, -0.2) is 13.2 Å². The zero-order valence-corrected chi connectivity index (χ0v) is 11.0. The molecular formula is C16H16FNO2. The van der Waals surface area contributed by atoms with E-state index in [4.69, 9.17) is 15.2 Å². The first-order valence-corrected chi connectivity index (χ1v) is 6.28. The molecular weight excluding hydrogens is 257 g/mol. The molecule has 2 aromatic carbocycles. The molecule has 0 spiro atoms. The monoisotopic (exact) mass is 273 g/mol. The maximum absolute atomic E-state index is 13.1. The van der Waals surface area contributed by atoms with Crippen molar-refractivity contribution in [3.63, 3.8) is 0 Å². The van der Waals surface area contributed by atoms with E-state index in [2.05, 4.69) is 0 Å². The second kappa shape index (κ2) is 7.31. The summed E-state index contributed by atoms with van der Waals surface area (Å²) in [5, 5.41) is 0. The Bertz CT molecular complexity index is 552. The summed E-state index contributed by atoms with van der Waals surface area (Å²) >= 11 is 0. The normalized spacial score (nSPS) is 11.2. The first-order chi connectivity index (χ1) is 9.78. The van der Waals surface area contributed by atoms with Crippen molar-refractivity contribution in [1.82, 2.24) is 0 Å². The number of hydrogen-bond acceptors (Lipinski definition) is 3. The number of nitrogens with two attached hydrogens (primary N) is 1. The summed E-state index contributed by atoms with van der Waals surface area (Å²) in [5.41, 5.74) is 5.20. The van der Waals surface area contributed by atoms with Crippen molar-refractivity contribution in [3.05, 3.63) is 66.5 Å². The molecule has 0 aliphatic rings. The molecule has 0 aliphatic heterocycles. The van der Waals surface area contributed by atoms with Crippen LogP contribution >= 0.6 is 0 Å². The molecule has 0 bridgehead atoms. The van der Waals surface area contributed by atoms with Crippen molar-refractivity contribution >= 4 is 0 Å². The van der Waals surface area contributed by atoms with Crippen LogP contribution in [0.1, 0.15) is 0 Å². The van der Waals surface area contributed by atoms with Crippen molar-refractivity contribution in [3.8, 4) is 17.2 Å². The summed E-state index contributed by atoms with van der Waals surface area (Å²) in [7, 11) is 0. The lowest BCUT2D eigenvalue weighted by Crippen LogP contribution is -2.01. The van der Waals surface area contributed by atoms with Gasteiger partial charge in [0.25, 0.3) is 0 Å². The Morgan fingerprint density at radius 1 is 0.950 bits per heavy atom. The quantitative estimate of drug-likeness (QED) is 0.873. The van der Waals surface area contributed by atoms with Crippen molar-refractivity contribution in [2.75, 3.05) is 13.2 Å². The minimum Gasteiger partial charge on any atom is -0.487 e. The van der Waals surface area contributed by atoms with Gasteiger partial charge in [0.2, 0.25) is 0 Å². The lowest BCUT2D eigenvalue weighted by Gasteiger charge is -2.07. The third-order valence-corrected chi connectivity index (χ3v) is 2.52. The Balaban J connectivity index is 1.91. The smallest absolute Gasteiger partial charge is 0.139 e. The minimum atomic E-state index is -0.378. The zero-order valence-electron chi connectivity index (χ0n) is 11.0. The highest BCUT2D eigenvalue weighted by Gasteiger charge is 2.00. The third-order valence-electron chi connectivity index (χ3n) is 2.52. The molecule has 20 heavy (non-hydrogen) atoms. The first-order valence-electron chi connectivity index (χ1n) is 6.28. The van der Waals surface area contributed by atoms with Gasteiger partial charge in [-0.3, -0.25) is 0 Å². The van der Waals surface area contributed by atoms with Gasteiger partial charge in [-0.25, -0.2) is 4.39 Å². The molecule has 3 nitrogen and oxygen atoms in total.